The van der Waals surface area contributed by atoms with Gasteiger partial charge in [-0.25, -0.2) is 4.79 Å². The van der Waals surface area contributed by atoms with Gasteiger partial charge in [0.15, 0.2) is 5.70 Å². The number of nitrogens with zero attached hydrogens (tertiary/aromatic N) is 1. The summed E-state index contributed by atoms with van der Waals surface area (Å²) in [5.41, 5.74) is 0.303. The van der Waals surface area contributed by atoms with Crippen LogP contribution in [0.5, 0.6) is 0 Å². The highest BCUT2D eigenvalue weighted by atomic mass is 32.2. The average Bonchev–Trinajstić information content (AvgIpc) is 3.05. The van der Waals surface area contributed by atoms with Crippen LogP contribution in [0, 0.1) is 11.3 Å². The Bertz CT molecular complexity index is 1140. The molecule has 1 N–H and O–H groups in total. The zero-order valence-electron chi connectivity index (χ0n) is 19.8. The molecule has 175 valence electrons. The van der Waals surface area contributed by atoms with Gasteiger partial charge in [-0.15, -0.1) is 11.8 Å². The average molecular weight is 501 g/mol. The molecule has 2 aromatic rings. The minimum absolute atomic E-state index is 0.117. The Hall–Kier alpha value is -1.74. The lowest BCUT2D eigenvalue weighted by atomic mass is 9.66. The standard InChI is InChI=1S/C25H30NO4S2Si/c1-24(2,3)25(4,30-33(5)6)18-20(27)26-19(22(28)29)23(32-21(18)26)31-14-15-11-12-16-9-7-8-10-17(16)13-15/h7-13,18,21H,14H2,1-6H3,(H,28,29)/t18-,21-,25+/m1/s1. The Labute approximate surface area is 205 Å². The molecule has 33 heavy (non-hydrogen) atoms. The summed E-state index contributed by atoms with van der Waals surface area (Å²) in [7, 11) is -1.07. The predicted molar refractivity (Wildman–Crippen MR) is 138 cm³/mol. The summed E-state index contributed by atoms with van der Waals surface area (Å²) in [5.74, 6) is -0.928. The van der Waals surface area contributed by atoms with E-state index in [0.717, 1.165) is 10.9 Å². The fraction of sp³-hybridized carbons (Fsp3) is 0.440. The second-order valence-electron chi connectivity index (χ2n) is 9.97. The Kier molecular flexibility index (Phi) is 6.50. The van der Waals surface area contributed by atoms with Gasteiger partial charge in [0.05, 0.1) is 15.8 Å². The van der Waals surface area contributed by atoms with Crippen LogP contribution in [0.4, 0.5) is 0 Å². The van der Waals surface area contributed by atoms with Crippen molar-refractivity contribution in [3.8, 4) is 0 Å². The van der Waals surface area contributed by atoms with Gasteiger partial charge in [-0.3, -0.25) is 9.69 Å². The molecule has 8 heteroatoms. The lowest BCUT2D eigenvalue weighted by molar-refractivity contribution is -0.173. The summed E-state index contributed by atoms with van der Waals surface area (Å²) < 4.78 is 7.15. The third kappa shape index (κ3) is 4.27. The smallest absolute Gasteiger partial charge is 0.354 e. The maximum Gasteiger partial charge on any atom is 0.354 e. The van der Waals surface area contributed by atoms with E-state index in [0.29, 0.717) is 9.99 Å². The van der Waals surface area contributed by atoms with Gasteiger partial charge in [0.25, 0.3) is 0 Å². The van der Waals surface area contributed by atoms with Crippen LogP contribution >= 0.6 is 23.5 Å². The van der Waals surface area contributed by atoms with Gasteiger partial charge in [0.2, 0.25) is 14.9 Å². The summed E-state index contributed by atoms with van der Waals surface area (Å²) in [5, 5.41) is 12.1. The van der Waals surface area contributed by atoms with E-state index in [2.05, 4.69) is 64.2 Å². The van der Waals surface area contributed by atoms with Gasteiger partial charge in [-0.1, -0.05) is 75.0 Å². The number of thioether (sulfide) groups is 2. The van der Waals surface area contributed by atoms with Crippen molar-refractivity contribution in [1.82, 2.24) is 4.90 Å². The number of aliphatic carboxylic acids is 1. The molecular weight excluding hydrogens is 470 g/mol. The van der Waals surface area contributed by atoms with Crippen LogP contribution in [0.25, 0.3) is 10.8 Å². The molecule has 0 bridgehead atoms. The number of carboxylic acid groups (broad SMARTS) is 1. The molecule has 3 atom stereocenters. The van der Waals surface area contributed by atoms with Crippen molar-refractivity contribution in [3.63, 3.8) is 0 Å². The monoisotopic (exact) mass is 500 g/mol. The quantitative estimate of drug-likeness (QED) is 0.375. The van der Waals surface area contributed by atoms with Crippen molar-refractivity contribution in [1.29, 1.82) is 0 Å². The summed E-state index contributed by atoms with van der Waals surface area (Å²) in [6.45, 7) is 12.4. The van der Waals surface area contributed by atoms with Crippen molar-refractivity contribution in [3.05, 3.63) is 58.0 Å². The van der Waals surface area contributed by atoms with Gasteiger partial charge in [0, 0.05) is 5.75 Å². The van der Waals surface area contributed by atoms with E-state index in [1.807, 2.05) is 19.1 Å². The molecule has 0 spiro atoms. The van der Waals surface area contributed by atoms with Crippen LogP contribution in [0.15, 0.2) is 52.4 Å². The SMILES string of the molecule is C[Si](C)O[C@@](C)([C@@H]1C(=O)N2C(C(=O)O)=C(SCc3ccc4ccccc4c3)S[C@H]12)C(C)(C)C. The van der Waals surface area contributed by atoms with Gasteiger partial charge < -0.3 is 9.53 Å². The fourth-order valence-electron chi connectivity index (χ4n) is 4.47. The first kappa shape index (κ1) is 24.4. The fourth-order valence-corrected chi connectivity index (χ4v) is 8.64. The zero-order chi connectivity index (χ0) is 24.1. The first-order valence-electron chi connectivity index (χ1n) is 11.0. The van der Waals surface area contributed by atoms with Crippen molar-refractivity contribution < 1.29 is 19.1 Å². The number of carbonyl (C=O) groups is 2. The molecule has 1 fully saturated rings. The molecule has 2 heterocycles. The van der Waals surface area contributed by atoms with Crippen molar-refractivity contribution in [2.24, 2.45) is 11.3 Å². The molecular formula is C25H30NO4S2Si. The predicted octanol–water partition coefficient (Wildman–Crippen LogP) is 5.93. The molecule has 2 aliphatic heterocycles. The van der Waals surface area contributed by atoms with E-state index >= 15 is 0 Å². The summed E-state index contributed by atoms with van der Waals surface area (Å²) in [6.07, 6.45) is 0. The number of rotatable bonds is 7. The molecule has 1 saturated heterocycles. The highest BCUT2D eigenvalue weighted by molar-refractivity contribution is 8.22. The Morgan fingerprint density at radius 1 is 1.15 bits per heavy atom. The normalized spacial score (nSPS) is 22.5. The number of amides is 1. The minimum atomic E-state index is -1.07. The van der Waals surface area contributed by atoms with E-state index in [4.69, 9.17) is 4.43 Å². The van der Waals surface area contributed by atoms with Gasteiger partial charge >= 0.3 is 5.97 Å². The number of hydrogen-bond acceptors (Lipinski definition) is 5. The van der Waals surface area contributed by atoms with Crippen molar-refractivity contribution in [2.75, 3.05) is 0 Å². The zero-order valence-corrected chi connectivity index (χ0v) is 22.5. The van der Waals surface area contributed by atoms with Crippen molar-refractivity contribution >= 4 is 55.2 Å². The second kappa shape index (κ2) is 8.80. The molecule has 1 amide bonds. The van der Waals surface area contributed by atoms with E-state index in [9.17, 15) is 14.7 Å². The number of hydrogen-bond donors (Lipinski definition) is 1. The molecule has 0 aliphatic carbocycles. The maximum atomic E-state index is 13.3. The van der Waals surface area contributed by atoms with Crippen LogP contribution in [-0.2, 0) is 19.8 Å². The van der Waals surface area contributed by atoms with Crippen molar-refractivity contribution in [2.45, 2.75) is 57.5 Å². The highest BCUT2D eigenvalue weighted by Gasteiger charge is 2.65. The second-order valence-corrected chi connectivity index (χ2v) is 14.4. The molecule has 1 radical (unpaired) electrons. The third-order valence-electron chi connectivity index (χ3n) is 6.59. The number of carbonyl (C=O) groups excluding carboxylic acids is 1. The number of carboxylic acids is 1. The lowest BCUT2D eigenvalue weighted by Gasteiger charge is -2.56. The van der Waals surface area contributed by atoms with Crippen LogP contribution in [0.3, 0.4) is 0 Å². The molecule has 4 rings (SSSR count). The molecule has 2 aliphatic rings. The van der Waals surface area contributed by atoms with E-state index in [-0.39, 0.29) is 28.3 Å². The highest BCUT2D eigenvalue weighted by Crippen LogP contribution is 2.59. The van der Waals surface area contributed by atoms with Gasteiger partial charge in [-0.2, -0.15) is 0 Å². The Balaban J connectivity index is 1.58. The Morgan fingerprint density at radius 3 is 2.42 bits per heavy atom. The molecule has 0 saturated carbocycles. The van der Waals surface area contributed by atoms with Gasteiger partial charge in [-0.05, 0) is 41.8 Å². The van der Waals surface area contributed by atoms with Crippen LogP contribution in [0.1, 0.15) is 33.3 Å². The summed E-state index contributed by atoms with van der Waals surface area (Å²) in [6, 6.07) is 14.5. The summed E-state index contributed by atoms with van der Waals surface area (Å²) >= 11 is 3.00. The van der Waals surface area contributed by atoms with Gasteiger partial charge in [0.1, 0.15) is 5.37 Å². The van der Waals surface area contributed by atoms with Crippen LogP contribution < -0.4 is 0 Å². The first-order chi connectivity index (χ1) is 15.4. The first-order valence-corrected chi connectivity index (χ1v) is 15.3. The number of fused-ring (bicyclic) bond motifs is 2. The maximum absolute atomic E-state index is 13.3. The van der Waals surface area contributed by atoms with E-state index in [1.165, 1.54) is 33.8 Å². The minimum Gasteiger partial charge on any atom is -0.477 e. The van der Waals surface area contributed by atoms with Crippen LogP contribution in [0.2, 0.25) is 13.1 Å². The van der Waals surface area contributed by atoms with E-state index < -0.39 is 20.6 Å². The molecule has 0 unspecified atom stereocenters. The lowest BCUT2D eigenvalue weighted by Crippen LogP contribution is -2.69. The molecule has 2 aromatic carbocycles. The summed E-state index contributed by atoms with van der Waals surface area (Å²) in [4.78, 5) is 27.0. The number of β-lactam (4-membered cyclic amide) rings is 1. The van der Waals surface area contributed by atoms with E-state index in [1.54, 1.807) is 0 Å². The third-order valence-corrected chi connectivity index (χ3v) is 10.1. The largest absolute Gasteiger partial charge is 0.477 e. The number of benzene rings is 2. The molecule has 5 nitrogen and oxygen atoms in total. The molecule has 0 aromatic heterocycles. The van der Waals surface area contributed by atoms with Crippen LogP contribution in [-0.4, -0.2) is 41.9 Å². The topological polar surface area (TPSA) is 66.8 Å². The Morgan fingerprint density at radius 2 is 1.82 bits per heavy atom.